The molecule has 0 bridgehead atoms. The number of nitrogens with one attached hydrogen (secondary N) is 1. The second-order valence-corrected chi connectivity index (χ2v) is 5.73. The van der Waals surface area contributed by atoms with Crippen molar-refractivity contribution in [2.24, 2.45) is 0 Å². The summed E-state index contributed by atoms with van der Waals surface area (Å²) in [6.45, 7) is 4.74. The summed E-state index contributed by atoms with van der Waals surface area (Å²) in [6.07, 6.45) is 5.52. The highest BCUT2D eigenvalue weighted by atomic mass is 79.9. The van der Waals surface area contributed by atoms with Gasteiger partial charge in [-0.25, -0.2) is 0 Å². The summed E-state index contributed by atoms with van der Waals surface area (Å²) >= 11 is 6.64. The number of halogens is 2. The van der Waals surface area contributed by atoms with Crippen molar-refractivity contribution in [3.8, 4) is 0 Å². The van der Waals surface area contributed by atoms with E-state index in [1.165, 1.54) is 19.3 Å². The van der Waals surface area contributed by atoms with E-state index in [2.05, 4.69) is 44.1 Å². The molecule has 0 saturated carbocycles. The molecule has 3 nitrogen and oxygen atoms in total. The van der Waals surface area contributed by atoms with Gasteiger partial charge in [-0.2, -0.15) is 0 Å². The van der Waals surface area contributed by atoms with Gasteiger partial charge in [0.25, 0.3) is 5.56 Å². The Labute approximate surface area is 119 Å². The molecule has 0 aromatic carbocycles. The van der Waals surface area contributed by atoms with E-state index in [-0.39, 0.29) is 5.56 Å². The Bertz CT molecular complexity index is 404. The molecule has 0 aliphatic heterocycles. The third kappa shape index (κ3) is 5.36. The molecule has 17 heavy (non-hydrogen) atoms. The fourth-order valence-corrected chi connectivity index (χ4v) is 2.81. The summed E-state index contributed by atoms with van der Waals surface area (Å²) in [4.78, 5) is 11.8. The molecule has 0 aliphatic carbocycles. The van der Waals surface area contributed by atoms with Crippen molar-refractivity contribution in [2.75, 3.05) is 13.1 Å². The number of aromatic nitrogens is 1. The van der Waals surface area contributed by atoms with Gasteiger partial charge >= 0.3 is 0 Å². The predicted molar refractivity (Wildman–Crippen MR) is 78.5 cm³/mol. The Morgan fingerprint density at radius 1 is 1.29 bits per heavy atom. The number of unbranched alkanes of at least 4 members (excludes halogenated alkanes) is 2. The maximum absolute atomic E-state index is 11.8. The SMILES string of the molecule is CCCCCNCCn1cc(Br)cc(Br)c1=O. The first-order chi connectivity index (χ1) is 8.15. The highest BCUT2D eigenvalue weighted by Gasteiger charge is 2.02. The van der Waals surface area contributed by atoms with E-state index in [4.69, 9.17) is 0 Å². The third-order valence-corrected chi connectivity index (χ3v) is 3.50. The largest absolute Gasteiger partial charge is 0.315 e. The van der Waals surface area contributed by atoms with Gasteiger partial charge in [-0.05, 0) is 50.9 Å². The zero-order valence-corrected chi connectivity index (χ0v) is 13.2. The van der Waals surface area contributed by atoms with E-state index < -0.39 is 0 Å². The van der Waals surface area contributed by atoms with Gasteiger partial charge in [0, 0.05) is 23.8 Å². The van der Waals surface area contributed by atoms with Crippen LogP contribution in [0.3, 0.4) is 0 Å². The average Bonchev–Trinajstić information content (AvgIpc) is 2.29. The molecule has 1 heterocycles. The Hall–Kier alpha value is -0.130. The van der Waals surface area contributed by atoms with Gasteiger partial charge in [-0.15, -0.1) is 0 Å². The highest BCUT2D eigenvalue weighted by molar-refractivity contribution is 9.11. The summed E-state index contributed by atoms with van der Waals surface area (Å²) in [5.41, 5.74) is 0.0172. The van der Waals surface area contributed by atoms with Crippen LogP contribution in [-0.2, 0) is 6.54 Å². The highest BCUT2D eigenvalue weighted by Crippen LogP contribution is 2.12. The standard InChI is InChI=1S/C12H18Br2N2O/c1-2-3-4-5-15-6-7-16-9-10(13)8-11(14)12(16)17/h8-9,15H,2-7H2,1H3. The Morgan fingerprint density at radius 3 is 2.76 bits per heavy atom. The lowest BCUT2D eigenvalue weighted by atomic mass is 10.2. The van der Waals surface area contributed by atoms with Crippen LogP contribution in [0, 0.1) is 0 Å². The summed E-state index contributed by atoms with van der Waals surface area (Å²) in [6, 6.07) is 1.77. The van der Waals surface area contributed by atoms with E-state index in [0.29, 0.717) is 11.0 Å². The van der Waals surface area contributed by atoms with Crippen LogP contribution >= 0.6 is 31.9 Å². The van der Waals surface area contributed by atoms with Gasteiger partial charge in [-0.3, -0.25) is 4.79 Å². The lowest BCUT2D eigenvalue weighted by Crippen LogP contribution is -2.27. The molecule has 1 aromatic rings. The average molecular weight is 366 g/mol. The van der Waals surface area contributed by atoms with Crippen molar-refractivity contribution in [2.45, 2.75) is 32.7 Å². The van der Waals surface area contributed by atoms with Crippen LogP contribution in [0.4, 0.5) is 0 Å². The second-order valence-electron chi connectivity index (χ2n) is 3.96. The minimum atomic E-state index is 0.0172. The fraction of sp³-hybridized carbons (Fsp3) is 0.583. The molecule has 0 spiro atoms. The van der Waals surface area contributed by atoms with E-state index in [0.717, 1.165) is 17.6 Å². The third-order valence-electron chi connectivity index (χ3n) is 2.50. The van der Waals surface area contributed by atoms with Crippen molar-refractivity contribution in [3.05, 3.63) is 31.6 Å². The molecule has 0 amide bonds. The Kier molecular flexibility index (Phi) is 7.08. The summed E-state index contributed by atoms with van der Waals surface area (Å²) in [5.74, 6) is 0. The number of nitrogens with zero attached hydrogens (tertiary/aromatic N) is 1. The zero-order valence-electron chi connectivity index (χ0n) is 10.0. The van der Waals surface area contributed by atoms with Gasteiger partial charge in [0.05, 0.1) is 4.47 Å². The van der Waals surface area contributed by atoms with Gasteiger partial charge in [0.1, 0.15) is 0 Å². The predicted octanol–water partition coefficient (Wildman–Crippen LogP) is 3.15. The second kappa shape index (κ2) is 8.06. The summed E-state index contributed by atoms with van der Waals surface area (Å²) < 4.78 is 3.22. The normalized spacial score (nSPS) is 10.8. The molecule has 0 atom stereocenters. The van der Waals surface area contributed by atoms with Crippen LogP contribution < -0.4 is 10.9 Å². The molecule has 0 aliphatic rings. The van der Waals surface area contributed by atoms with E-state index in [1.54, 1.807) is 10.6 Å². The van der Waals surface area contributed by atoms with Crippen LogP contribution in [0.1, 0.15) is 26.2 Å². The maximum atomic E-state index is 11.8. The Morgan fingerprint density at radius 2 is 2.06 bits per heavy atom. The lowest BCUT2D eigenvalue weighted by Gasteiger charge is -2.08. The zero-order chi connectivity index (χ0) is 12.7. The minimum Gasteiger partial charge on any atom is -0.315 e. The molecule has 1 rings (SSSR count). The molecule has 0 radical (unpaired) electrons. The Balaban J connectivity index is 2.39. The van der Waals surface area contributed by atoms with E-state index in [9.17, 15) is 4.79 Å². The van der Waals surface area contributed by atoms with Gasteiger partial charge < -0.3 is 9.88 Å². The summed E-state index contributed by atoms with van der Waals surface area (Å²) in [7, 11) is 0. The van der Waals surface area contributed by atoms with Crippen molar-refractivity contribution < 1.29 is 0 Å². The van der Waals surface area contributed by atoms with Gasteiger partial charge in [-0.1, -0.05) is 19.8 Å². The van der Waals surface area contributed by atoms with Crippen molar-refractivity contribution >= 4 is 31.9 Å². The molecule has 1 aromatic heterocycles. The molecule has 96 valence electrons. The quantitative estimate of drug-likeness (QED) is 0.753. The summed E-state index contributed by atoms with van der Waals surface area (Å²) in [5, 5.41) is 3.34. The van der Waals surface area contributed by atoms with Crippen LogP contribution in [-0.4, -0.2) is 17.7 Å². The molecular weight excluding hydrogens is 348 g/mol. The number of hydrogen-bond acceptors (Lipinski definition) is 2. The van der Waals surface area contributed by atoms with E-state index in [1.807, 2.05) is 6.20 Å². The van der Waals surface area contributed by atoms with Gasteiger partial charge in [0.2, 0.25) is 0 Å². The van der Waals surface area contributed by atoms with Crippen LogP contribution in [0.2, 0.25) is 0 Å². The van der Waals surface area contributed by atoms with Crippen LogP contribution in [0.5, 0.6) is 0 Å². The monoisotopic (exact) mass is 364 g/mol. The van der Waals surface area contributed by atoms with Crippen molar-refractivity contribution in [1.29, 1.82) is 0 Å². The topological polar surface area (TPSA) is 34.0 Å². The first-order valence-electron chi connectivity index (χ1n) is 5.91. The van der Waals surface area contributed by atoms with Crippen molar-refractivity contribution in [1.82, 2.24) is 9.88 Å². The van der Waals surface area contributed by atoms with Crippen LogP contribution in [0.25, 0.3) is 0 Å². The molecule has 0 unspecified atom stereocenters. The molecule has 0 saturated heterocycles. The first kappa shape index (κ1) is 14.9. The molecule has 0 fully saturated rings. The fourth-order valence-electron chi connectivity index (χ4n) is 1.56. The first-order valence-corrected chi connectivity index (χ1v) is 7.50. The molecular formula is C12H18Br2N2O. The lowest BCUT2D eigenvalue weighted by molar-refractivity contribution is 0.560. The van der Waals surface area contributed by atoms with Gasteiger partial charge in [0.15, 0.2) is 0 Å². The number of rotatable bonds is 7. The smallest absolute Gasteiger partial charge is 0.264 e. The molecule has 5 heteroatoms. The van der Waals surface area contributed by atoms with Crippen LogP contribution in [0.15, 0.2) is 26.0 Å². The maximum Gasteiger partial charge on any atom is 0.264 e. The number of hydrogen-bond donors (Lipinski definition) is 1. The molecule has 1 N–H and O–H groups in total. The van der Waals surface area contributed by atoms with E-state index >= 15 is 0 Å². The number of pyridine rings is 1. The van der Waals surface area contributed by atoms with Crippen molar-refractivity contribution in [3.63, 3.8) is 0 Å². The minimum absolute atomic E-state index is 0.0172.